The average molecular weight is 419 g/mol. The number of benzene rings is 2. The van der Waals surface area contributed by atoms with Crippen molar-refractivity contribution in [3.05, 3.63) is 59.2 Å². The number of carbonyl (C=O) groups excluding carboxylic acids is 1. The van der Waals surface area contributed by atoms with E-state index in [0.29, 0.717) is 30.8 Å². The van der Waals surface area contributed by atoms with Crippen LogP contribution in [0.4, 0.5) is 5.69 Å². The first kappa shape index (κ1) is 22.9. The number of aryl methyl sites for hydroxylation is 2. The number of hydrogen-bond acceptors (Lipinski definition) is 4. The predicted molar refractivity (Wildman–Crippen MR) is 116 cm³/mol. The van der Waals surface area contributed by atoms with Crippen LogP contribution in [0.3, 0.4) is 0 Å². The van der Waals surface area contributed by atoms with E-state index in [-0.39, 0.29) is 16.9 Å². The van der Waals surface area contributed by atoms with Gasteiger partial charge in [-0.3, -0.25) is 9.10 Å². The lowest BCUT2D eigenvalue weighted by Gasteiger charge is -2.22. The summed E-state index contributed by atoms with van der Waals surface area (Å²) in [6.07, 6.45) is 0.876. The molecule has 7 heteroatoms. The van der Waals surface area contributed by atoms with Gasteiger partial charge in [-0.2, -0.15) is 0 Å². The van der Waals surface area contributed by atoms with Crippen LogP contribution in [-0.4, -0.2) is 40.6 Å². The molecule has 0 heterocycles. The molecule has 0 atom stereocenters. The van der Waals surface area contributed by atoms with Gasteiger partial charge in [0.2, 0.25) is 0 Å². The van der Waals surface area contributed by atoms with Gasteiger partial charge in [0.05, 0.1) is 16.7 Å². The van der Waals surface area contributed by atoms with E-state index in [4.69, 9.17) is 4.74 Å². The molecule has 6 nitrogen and oxygen atoms in total. The Morgan fingerprint density at radius 2 is 1.76 bits per heavy atom. The highest BCUT2D eigenvalue weighted by molar-refractivity contribution is 7.92. The summed E-state index contributed by atoms with van der Waals surface area (Å²) in [7, 11) is -2.22. The summed E-state index contributed by atoms with van der Waals surface area (Å²) in [6, 6.07) is 11.8. The summed E-state index contributed by atoms with van der Waals surface area (Å²) in [6.45, 7) is 8.73. The van der Waals surface area contributed by atoms with Gasteiger partial charge in [-0.1, -0.05) is 23.8 Å². The molecule has 0 aromatic heterocycles. The largest absolute Gasteiger partial charge is 0.379 e. The van der Waals surface area contributed by atoms with E-state index in [0.717, 1.165) is 11.1 Å². The molecule has 0 radical (unpaired) electrons. The first-order valence-corrected chi connectivity index (χ1v) is 11.1. The van der Waals surface area contributed by atoms with E-state index in [1.54, 1.807) is 42.5 Å². The molecular weight excluding hydrogens is 388 g/mol. The number of nitrogens with one attached hydrogen (secondary N) is 1. The van der Waals surface area contributed by atoms with Crippen molar-refractivity contribution in [3.63, 3.8) is 0 Å². The summed E-state index contributed by atoms with van der Waals surface area (Å²) in [5.41, 5.74) is 2.65. The molecule has 0 saturated heterocycles. The highest BCUT2D eigenvalue weighted by Crippen LogP contribution is 2.26. The molecule has 0 bridgehead atoms. The lowest BCUT2D eigenvalue weighted by molar-refractivity contribution is 0.0757. The van der Waals surface area contributed by atoms with Crippen molar-refractivity contribution >= 4 is 21.6 Å². The fraction of sp³-hybridized carbons (Fsp3) is 0.409. The molecule has 0 spiro atoms. The van der Waals surface area contributed by atoms with Gasteiger partial charge < -0.3 is 10.1 Å². The zero-order valence-electron chi connectivity index (χ0n) is 17.7. The van der Waals surface area contributed by atoms with Crippen LogP contribution in [0.5, 0.6) is 0 Å². The summed E-state index contributed by atoms with van der Waals surface area (Å²) < 4.78 is 32.7. The van der Waals surface area contributed by atoms with Crippen molar-refractivity contribution in [1.29, 1.82) is 0 Å². The Hall–Kier alpha value is -2.38. The second-order valence-electron chi connectivity index (χ2n) is 7.32. The molecular formula is C22H30N2O4S. The van der Waals surface area contributed by atoms with E-state index in [2.05, 4.69) is 5.32 Å². The Kier molecular flexibility index (Phi) is 7.81. The minimum absolute atomic E-state index is 0.163. The predicted octanol–water partition coefficient (Wildman–Crippen LogP) is 3.67. The van der Waals surface area contributed by atoms with Crippen LogP contribution in [0.15, 0.2) is 47.4 Å². The molecule has 1 N–H and O–H groups in total. The third-order valence-electron chi connectivity index (χ3n) is 4.55. The van der Waals surface area contributed by atoms with Crippen LogP contribution in [0.2, 0.25) is 0 Å². The molecule has 0 aliphatic carbocycles. The van der Waals surface area contributed by atoms with E-state index < -0.39 is 10.0 Å². The van der Waals surface area contributed by atoms with Gasteiger partial charge in [0.25, 0.3) is 15.9 Å². The molecule has 1 amide bonds. The zero-order valence-corrected chi connectivity index (χ0v) is 18.5. The van der Waals surface area contributed by atoms with Crippen LogP contribution >= 0.6 is 0 Å². The molecule has 158 valence electrons. The SMILES string of the molecule is Cc1ccc(S(=O)(=O)N(C)c2cc(C(=O)NCCCOC(C)C)ccc2C)cc1. The number of hydrogen-bond donors (Lipinski definition) is 1. The number of sulfonamides is 1. The van der Waals surface area contributed by atoms with Crippen LogP contribution in [-0.2, 0) is 14.8 Å². The first-order valence-electron chi connectivity index (χ1n) is 9.69. The van der Waals surface area contributed by atoms with Crippen molar-refractivity contribution in [2.24, 2.45) is 0 Å². The number of amides is 1. The minimum Gasteiger partial charge on any atom is -0.379 e. The van der Waals surface area contributed by atoms with Crippen LogP contribution in [0.1, 0.15) is 41.8 Å². The second kappa shape index (κ2) is 9.89. The Balaban J connectivity index is 2.15. The second-order valence-corrected chi connectivity index (χ2v) is 9.29. The van der Waals surface area contributed by atoms with Crippen LogP contribution in [0.25, 0.3) is 0 Å². The Morgan fingerprint density at radius 3 is 2.38 bits per heavy atom. The molecule has 2 rings (SSSR count). The molecule has 2 aromatic carbocycles. The maximum absolute atomic E-state index is 13.0. The summed E-state index contributed by atoms with van der Waals surface area (Å²) >= 11 is 0. The van der Waals surface area contributed by atoms with Crippen molar-refractivity contribution in [1.82, 2.24) is 5.32 Å². The van der Waals surface area contributed by atoms with Crippen molar-refractivity contribution in [3.8, 4) is 0 Å². The van der Waals surface area contributed by atoms with E-state index in [9.17, 15) is 13.2 Å². The number of rotatable bonds is 9. The fourth-order valence-electron chi connectivity index (χ4n) is 2.78. The Bertz CT molecular complexity index is 938. The Morgan fingerprint density at radius 1 is 1.10 bits per heavy atom. The molecule has 0 aliphatic rings. The molecule has 0 saturated carbocycles. The maximum atomic E-state index is 13.0. The smallest absolute Gasteiger partial charge is 0.264 e. The summed E-state index contributed by atoms with van der Waals surface area (Å²) in [5.74, 6) is -0.239. The van der Waals surface area contributed by atoms with Gasteiger partial charge >= 0.3 is 0 Å². The van der Waals surface area contributed by atoms with E-state index in [1.807, 2.05) is 27.7 Å². The van der Waals surface area contributed by atoms with E-state index in [1.165, 1.54) is 11.4 Å². The van der Waals surface area contributed by atoms with Crippen LogP contribution < -0.4 is 9.62 Å². The number of anilines is 1. The van der Waals surface area contributed by atoms with Gasteiger partial charge in [-0.15, -0.1) is 0 Å². The summed E-state index contributed by atoms with van der Waals surface area (Å²) in [4.78, 5) is 12.7. The molecule has 0 aliphatic heterocycles. The Labute approximate surface area is 173 Å². The topological polar surface area (TPSA) is 75.7 Å². The molecule has 0 fully saturated rings. The number of carbonyl (C=O) groups is 1. The van der Waals surface area contributed by atoms with Gasteiger partial charge in [-0.05, 0) is 63.9 Å². The van der Waals surface area contributed by atoms with Crippen molar-refractivity contribution in [2.75, 3.05) is 24.5 Å². The van der Waals surface area contributed by atoms with Crippen LogP contribution in [0, 0.1) is 13.8 Å². The zero-order chi connectivity index (χ0) is 21.6. The summed E-state index contributed by atoms with van der Waals surface area (Å²) in [5, 5.41) is 2.85. The lowest BCUT2D eigenvalue weighted by atomic mass is 10.1. The average Bonchev–Trinajstić information content (AvgIpc) is 2.67. The van der Waals surface area contributed by atoms with Crippen molar-refractivity contribution < 1.29 is 17.9 Å². The van der Waals surface area contributed by atoms with Gasteiger partial charge in [-0.25, -0.2) is 8.42 Å². The highest BCUT2D eigenvalue weighted by Gasteiger charge is 2.23. The number of ether oxygens (including phenoxy) is 1. The number of nitrogens with zero attached hydrogens (tertiary/aromatic N) is 1. The van der Waals surface area contributed by atoms with Gasteiger partial charge in [0, 0.05) is 25.8 Å². The monoisotopic (exact) mass is 418 g/mol. The molecule has 0 unspecified atom stereocenters. The normalized spacial score (nSPS) is 11.5. The highest BCUT2D eigenvalue weighted by atomic mass is 32.2. The lowest BCUT2D eigenvalue weighted by Crippen LogP contribution is -2.29. The van der Waals surface area contributed by atoms with Gasteiger partial charge in [0.15, 0.2) is 0 Å². The molecule has 2 aromatic rings. The van der Waals surface area contributed by atoms with Crippen molar-refractivity contribution in [2.45, 2.75) is 45.1 Å². The third-order valence-corrected chi connectivity index (χ3v) is 6.33. The standard InChI is InChI=1S/C22H30N2O4S/c1-16(2)28-14-6-13-23-22(25)19-10-9-18(4)21(15-19)24(5)29(26,27)20-11-7-17(3)8-12-20/h7-12,15-16H,6,13-14H2,1-5H3,(H,23,25). The maximum Gasteiger partial charge on any atom is 0.264 e. The minimum atomic E-state index is -3.72. The molecule has 29 heavy (non-hydrogen) atoms. The fourth-order valence-corrected chi connectivity index (χ4v) is 4.03. The first-order chi connectivity index (χ1) is 13.6. The quantitative estimate of drug-likeness (QED) is 0.631. The van der Waals surface area contributed by atoms with E-state index >= 15 is 0 Å². The van der Waals surface area contributed by atoms with Gasteiger partial charge in [0.1, 0.15) is 0 Å². The third kappa shape index (κ3) is 6.05.